The number of aryl methyl sites for hydroxylation is 2. The third kappa shape index (κ3) is 3.38. The van der Waals surface area contributed by atoms with E-state index in [1.54, 1.807) is 0 Å². The van der Waals surface area contributed by atoms with Gasteiger partial charge in [0.05, 0.1) is 6.54 Å². The van der Waals surface area contributed by atoms with Gasteiger partial charge in [-0.25, -0.2) is 0 Å². The second-order valence-electron chi connectivity index (χ2n) is 3.72. The number of hydrogen-bond acceptors (Lipinski definition) is 2. The molecular weight excluding hydrogens is 204 g/mol. The van der Waals surface area contributed by atoms with Crippen LogP contribution in [-0.4, -0.2) is 18.4 Å². The largest absolute Gasteiger partial charge is 0.347 e. The first kappa shape index (κ1) is 12.2. The average Bonchev–Trinajstić information content (AvgIpc) is 2.21. The Morgan fingerprint density at radius 3 is 2.25 bits per heavy atom. The minimum Gasteiger partial charge on any atom is -0.347 e. The van der Waals surface area contributed by atoms with Gasteiger partial charge in [-0.05, 0) is 25.0 Å². The van der Waals surface area contributed by atoms with E-state index in [1.807, 2.05) is 32.0 Å². The molecular formula is C12H16N2O2. The molecule has 0 aliphatic rings. The molecule has 1 aromatic carbocycles. The molecule has 2 N–H and O–H groups in total. The lowest BCUT2D eigenvalue weighted by Gasteiger charge is -2.11. The molecule has 0 aliphatic carbocycles. The maximum absolute atomic E-state index is 11.5. The fourth-order valence-corrected chi connectivity index (χ4v) is 1.40. The molecule has 0 aromatic heterocycles. The molecule has 0 saturated carbocycles. The molecule has 0 bridgehead atoms. The number of carbonyl (C=O) groups excluding carboxylic acids is 2. The number of nitrogens with one attached hydrogen (secondary N) is 2. The highest BCUT2D eigenvalue weighted by Gasteiger charge is 2.06. The molecule has 0 unspecified atom stereocenters. The second-order valence-corrected chi connectivity index (χ2v) is 3.72. The Bertz CT molecular complexity index is 393. The van der Waals surface area contributed by atoms with Crippen molar-refractivity contribution in [2.75, 3.05) is 11.9 Å². The zero-order valence-corrected chi connectivity index (χ0v) is 9.76. The van der Waals surface area contributed by atoms with Crippen molar-refractivity contribution in [1.29, 1.82) is 0 Å². The second kappa shape index (κ2) is 5.30. The molecule has 16 heavy (non-hydrogen) atoms. The summed E-state index contributed by atoms with van der Waals surface area (Å²) in [5, 5.41) is 5.23. The molecule has 86 valence electrons. The molecule has 0 atom stereocenters. The minimum absolute atomic E-state index is 0.00308. The van der Waals surface area contributed by atoms with Crippen LogP contribution >= 0.6 is 0 Å². The van der Waals surface area contributed by atoms with Gasteiger partial charge in [-0.15, -0.1) is 0 Å². The number of benzene rings is 1. The predicted molar refractivity (Wildman–Crippen MR) is 63.2 cm³/mol. The summed E-state index contributed by atoms with van der Waals surface area (Å²) < 4.78 is 0. The van der Waals surface area contributed by atoms with E-state index in [4.69, 9.17) is 0 Å². The number of hydrogen-bond donors (Lipinski definition) is 2. The Balaban J connectivity index is 2.66. The van der Waals surface area contributed by atoms with Crippen molar-refractivity contribution in [3.63, 3.8) is 0 Å². The van der Waals surface area contributed by atoms with Crippen LogP contribution < -0.4 is 10.6 Å². The van der Waals surface area contributed by atoms with E-state index < -0.39 is 0 Å². The molecule has 0 aliphatic heterocycles. The summed E-state index contributed by atoms with van der Waals surface area (Å²) in [4.78, 5) is 22.1. The van der Waals surface area contributed by atoms with Crippen LogP contribution in [0, 0.1) is 13.8 Å². The third-order valence-electron chi connectivity index (χ3n) is 2.24. The number of anilines is 1. The molecule has 2 amide bonds. The summed E-state index contributed by atoms with van der Waals surface area (Å²) in [5.74, 6) is -0.427. The molecule has 0 radical (unpaired) electrons. The predicted octanol–water partition coefficient (Wildman–Crippen LogP) is 1.38. The van der Waals surface area contributed by atoms with Crippen LogP contribution in [-0.2, 0) is 9.59 Å². The SMILES string of the molecule is CC(=O)NCC(=O)Nc1c(C)cccc1C. The summed E-state index contributed by atoms with van der Waals surface area (Å²) in [7, 11) is 0. The zero-order chi connectivity index (χ0) is 12.1. The zero-order valence-electron chi connectivity index (χ0n) is 9.76. The van der Waals surface area contributed by atoms with E-state index in [9.17, 15) is 9.59 Å². The van der Waals surface area contributed by atoms with Gasteiger partial charge in [-0.1, -0.05) is 18.2 Å². The summed E-state index contributed by atoms with van der Waals surface area (Å²) in [5.41, 5.74) is 2.84. The lowest BCUT2D eigenvalue weighted by molar-refractivity contribution is -0.122. The standard InChI is InChI=1S/C12H16N2O2/c1-8-5-4-6-9(2)12(8)14-11(16)7-13-10(3)15/h4-6H,7H2,1-3H3,(H,13,15)(H,14,16). The molecule has 1 rings (SSSR count). The lowest BCUT2D eigenvalue weighted by Crippen LogP contribution is -2.31. The fraction of sp³-hybridized carbons (Fsp3) is 0.333. The van der Waals surface area contributed by atoms with Gasteiger partial charge < -0.3 is 10.6 Å². The van der Waals surface area contributed by atoms with Gasteiger partial charge in [0.15, 0.2) is 0 Å². The van der Waals surface area contributed by atoms with Crippen LogP contribution in [0.25, 0.3) is 0 Å². The Morgan fingerprint density at radius 2 is 1.75 bits per heavy atom. The maximum atomic E-state index is 11.5. The maximum Gasteiger partial charge on any atom is 0.243 e. The molecule has 0 spiro atoms. The number of rotatable bonds is 3. The van der Waals surface area contributed by atoms with Gasteiger partial charge in [-0.3, -0.25) is 9.59 Å². The van der Waals surface area contributed by atoms with Gasteiger partial charge in [-0.2, -0.15) is 0 Å². The number of amides is 2. The van der Waals surface area contributed by atoms with Crippen LogP contribution in [0.2, 0.25) is 0 Å². The number of para-hydroxylation sites is 1. The van der Waals surface area contributed by atoms with Crippen LogP contribution in [0.1, 0.15) is 18.1 Å². The Hall–Kier alpha value is -1.84. The van der Waals surface area contributed by atoms with Crippen molar-refractivity contribution in [3.05, 3.63) is 29.3 Å². The monoisotopic (exact) mass is 220 g/mol. The van der Waals surface area contributed by atoms with Gasteiger partial charge in [0.1, 0.15) is 0 Å². The smallest absolute Gasteiger partial charge is 0.243 e. The van der Waals surface area contributed by atoms with Crippen molar-refractivity contribution < 1.29 is 9.59 Å². The first-order chi connectivity index (χ1) is 7.50. The Kier molecular flexibility index (Phi) is 4.05. The van der Waals surface area contributed by atoms with Crippen LogP contribution in [0.15, 0.2) is 18.2 Å². The van der Waals surface area contributed by atoms with Gasteiger partial charge in [0.2, 0.25) is 11.8 Å². The third-order valence-corrected chi connectivity index (χ3v) is 2.24. The summed E-state index contributed by atoms with van der Waals surface area (Å²) >= 11 is 0. The normalized spacial score (nSPS) is 9.69. The first-order valence-corrected chi connectivity index (χ1v) is 5.11. The van der Waals surface area contributed by atoms with Crippen LogP contribution in [0.3, 0.4) is 0 Å². The van der Waals surface area contributed by atoms with Gasteiger partial charge >= 0.3 is 0 Å². The molecule has 1 aromatic rings. The lowest BCUT2D eigenvalue weighted by atomic mass is 10.1. The highest BCUT2D eigenvalue weighted by atomic mass is 16.2. The molecule has 0 heterocycles. The minimum atomic E-state index is -0.215. The van der Waals surface area contributed by atoms with E-state index in [1.165, 1.54) is 6.92 Å². The first-order valence-electron chi connectivity index (χ1n) is 5.11. The molecule has 0 saturated heterocycles. The highest BCUT2D eigenvalue weighted by molar-refractivity contribution is 5.95. The van der Waals surface area contributed by atoms with Crippen molar-refractivity contribution in [1.82, 2.24) is 5.32 Å². The van der Waals surface area contributed by atoms with E-state index in [-0.39, 0.29) is 18.4 Å². The van der Waals surface area contributed by atoms with Gasteiger partial charge in [0.25, 0.3) is 0 Å². The Morgan fingerprint density at radius 1 is 1.19 bits per heavy atom. The van der Waals surface area contributed by atoms with Crippen molar-refractivity contribution >= 4 is 17.5 Å². The van der Waals surface area contributed by atoms with Crippen molar-refractivity contribution in [3.8, 4) is 0 Å². The number of carbonyl (C=O) groups is 2. The van der Waals surface area contributed by atoms with E-state index in [2.05, 4.69) is 10.6 Å². The van der Waals surface area contributed by atoms with E-state index in [0.29, 0.717) is 0 Å². The summed E-state index contributed by atoms with van der Waals surface area (Å²) in [6, 6.07) is 5.80. The molecule has 4 heteroatoms. The van der Waals surface area contributed by atoms with Crippen LogP contribution in [0.5, 0.6) is 0 Å². The molecule has 0 fully saturated rings. The highest BCUT2D eigenvalue weighted by Crippen LogP contribution is 2.18. The average molecular weight is 220 g/mol. The van der Waals surface area contributed by atoms with Gasteiger partial charge in [0, 0.05) is 12.6 Å². The van der Waals surface area contributed by atoms with E-state index >= 15 is 0 Å². The quantitative estimate of drug-likeness (QED) is 0.808. The van der Waals surface area contributed by atoms with Crippen molar-refractivity contribution in [2.24, 2.45) is 0 Å². The van der Waals surface area contributed by atoms with Crippen molar-refractivity contribution in [2.45, 2.75) is 20.8 Å². The fourth-order valence-electron chi connectivity index (χ4n) is 1.40. The molecule has 4 nitrogen and oxygen atoms in total. The Labute approximate surface area is 95.0 Å². The summed E-state index contributed by atoms with van der Waals surface area (Å²) in [6.07, 6.45) is 0. The summed E-state index contributed by atoms with van der Waals surface area (Å²) in [6.45, 7) is 5.25. The van der Waals surface area contributed by atoms with E-state index in [0.717, 1.165) is 16.8 Å². The van der Waals surface area contributed by atoms with Crippen LogP contribution in [0.4, 0.5) is 5.69 Å². The topological polar surface area (TPSA) is 58.2 Å².